The number of halogens is 3. The van der Waals surface area contributed by atoms with Crippen LogP contribution in [0.3, 0.4) is 0 Å². The molecule has 2 aliphatic heterocycles. The Kier molecular flexibility index (Phi) is 8.81. The van der Waals surface area contributed by atoms with Crippen molar-refractivity contribution in [3.05, 3.63) is 30.1 Å². The number of hydrogen-bond acceptors (Lipinski definition) is 6. The highest BCUT2D eigenvalue weighted by molar-refractivity contribution is 7.89. The molecule has 0 aromatic carbocycles. The fourth-order valence-corrected chi connectivity index (χ4v) is 4.79. The third-order valence-electron chi connectivity index (χ3n) is 5.43. The highest BCUT2D eigenvalue weighted by Crippen LogP contribution is 2.35. The maximum atomic E-state index is 12.1. The molecule has 0 radical (unpaired) electrons. The molecule has 8 nitrogen and oxygen atoms in total. The van der Waals surface area contributed by atoms with Crippen LogP contribution in [-0.4, -0.2) is 85.0 Å². The van der Waals surface area contributed by atoms with Crippen molar-refractivity contribution >= 4 is 16.0 Å². The molecular weight excluding hydrogens is 439 g/mol. The molecule has 2 aliphatic rings. The minimum Gasteiger partial charge on any atom is -0.475 e. The zero-order chi connectivity index (χ0) is 23.1. The van der Waals surface area contributed by atoms with Crippen LogP contribution >= 0.6 is 0 Å². The Labute approximate surface area is 180 Å². The number of sulfonamides is 1. The molecule has 1 spiro atoms. The second-order valence-electron chi connectivity index (χ2n) is 7.73. The number of pyridine rings is 1. The van der Waals surface area contributed by atoms with Gasteiger partial charge < -0.3 is 9.84 Å². The first-order valence-corrected chi connectivity index (χ1v) is 11.6. The number of rotatable bonds is 4. The summed E-state index contributed by atoms with van der Waals surface area (Å²) in [7, 11) is -3.08. The second kappa shape index (κ2) is 10.7. The predicted molar refractivity (Wildman–Crippen MR) is 107 cm³/mol. The number of piperidine rings is 1. The molecule has 0 amide bonds. The smallest absolute Gasteiger partial charge is 0.475 e. The highest BCUT2D eigenvalue weighted by atomic mass is 32.2. The summed E-state index contributed by atoms with van der Waals surface area (Å²) in [5.41, 5.74) is 1.28. The van der Waals surface area contributed by atoms with Crippen molar-refractivity contribution in [3.63, 3.8) is 0 Å². The van der Waals surface area contributed by atoms with E-state index in [-0.39, 0.29) is 11.2 Å². The highest BCUT2D eigenvalue weighted by Gasteiger charge is 2.40. The molecule has 1 aromatic rings. The van der Waals surface area contributed by atoms with Crippen LogP contribution in [0.4, 0.5) is 13.2 Å². The van der Waals surface area contributed by atoms with Crippen LogP contribution in [0.2, 0.25) is 0 Å². The third-order valence-corrected chi connectivity index (χ3v) is 7.31. The van der Waals surface area contributed by atoms with Gasteiger partial charge in [-0.25, -0.2) is 17.5 Å². The zero-order valence-electron chi connectivity index (χ0n) is 17.3. The van der Waals surface area contributed by atoms with Crippen molar-refractivity contribution < 1.29 is 36.2 Å². The standard InChI is InChI=1S/C17H27N3O3S.C2HF3O2/c1-2-24(21,22)20-8-5-17(6-9-20)14-19(10-11-23-15-17)13-16-4-3-7-18-12-16;3-2(4,5)1(6)7/h3-4,7,12H,2,5-6,8-11,13-15H2,1H3;(H,6,7). The van der Waals surface area contributed by atoms with E-state index < -0.39 is 22.2 Å². The van der Waals surface area contributed by atoms with Gasteiger partial charge in [-0.3, -0.25) is 9.88 Å². The fourth-order valence-electron chi connectivity index (χ4n) is 3.69. The molecule has 1 aromatic heterocycles. The van der Waals surface area contributed by atoms with Gasteiger partial charge in [0.2, 0.25) is 10.0 Å². The predicted octanol–water partition coefficient (Wildman–Crippen LogP) is 1.98. The Morgan fingerprint density at radius 3 is 2.45 bits per heavy atom. The lowest BCUT2D eigenvalue weighted by Gasteiger charge is -2.42. The van der Waals surface area contributed by atoms with E-state index in [9.17, 15) is 21.6 Å². The molecule has 0 saturated carbocycles. The molecule has 31 heavy (non-hydrogen) atoms. The number of nitrogens with zero attached hydrogens (tertiary/aromatic N) is 3. The van der Waals surface area contributed by atoms with E-state index in [1.807, 2.05) is 12.3 Å². The van der Waals surface area contributed by atoms with E-state index in [1.54, 1.807) is 17.4 Å². The van der Waals surface area contributed by atoms with E-state index in [2.05, 4.69) is 16.0 Å². The van der Waals surface area contributed by atoms with E-state index in [4.69, 9.17) is 14.6 Å². The minimum absolute atomic E-state index is 0.0679. The lowest BCUT2D eigenvalue weighted by molar-refractivity contribution is -0.192. The minimum atomic E-state index is -5.08. The zero-order valence-corrected chi connectivity index (χ0v) is 18.2. The SMILES string of the molecule is CCS(=O)(=O)N1CCC2(CC1)COCCN(Cc1cccnc1)C2.O=C(O)C(F)(F)F. The van der Waals surface area contributed by atoms with Crippen LogP contribution in [0.25, 0.3) is 0 Å². The Morgan fingerprint density at radius 2 is 1.94 bits per heavy atom. The molecule has 1 N–H and O–H groups in total. The molecule has 0 bridgehead atoms. The van der Waals surface area contributed by atoms with Crippen molar-refractivity contribution in [2.45, 2.75) is 32.5 Å². The topological polar surface area (TPSA) is 100 Å². The number of ether oxygens (including phenoxy) is 1. The molecule has 0 unspecified atom stereocenters. The molecule has 12 heteroatoms. The number of alkyl halides is 3. The summed E-state index contributed by atoms with van der Waals surface area (Å²) >= 11 is 0. The van der Waals surface area contributed by atoms with Gasteiger partial charge in [0.15, 0.2) is 0 Å². The number of hydrogen-bond donors (Lipinski definition) is 1. The van der Waals surface area contributed by atoms with Crippen molar-refractivity contribution in [2.24, 2.45) is 5.41 Å². The summed E-state index contributed by atoms with van der Waals surface area (Å²) in [5, 5.41) is 7.12. The average Bonchev–Trinajstić information content (AvgIpc) is 2.91. The first kappa shape index (κ1) is 25.5. The summed E-state index contributed by atoms with van der Waals surface area (Å²) < 4.78 is 63.4. The second-order valence-corrected chi connectivity index (χ2v) is 9.98. The van der Waals surface area contributed by atoms with Gasteiger partial charge in [0.25, 0.3) is 0 Å². The molecule has 2 fully saturated rings. The van der Waals surface area contributed by atoms with E-state index in [1.165, 1.54) is 5.56 Å². The fraction of sp³-hybridized carbons (Fsp3) is 0.684. The maximum absolute atomic E-state index is 12.1. The number of aliphatic carboxylic acids is 1. The molecular formula is C19H28F3N3O5S. The van der Waals surface area contributed by atoms with E-state index in [0.717, 1.165) is 45.7 Å². The largest absolute Gasteiger partial charge is 0.490 e. The van der Waals surface area contributed by atoms with Crippen molar-refractivity contribution in [1.29, 1.82) is 0 Å². The van der Waals surface area contributed by atoms with E-state index >= 15 is 0 Å². The van der Waals surface area contributed by atoms with Gasteiger partial charge in [-0.15, -0.1) is 0 Å². The molecule has 0 aliphatic carbocycles. The first-order valence-electron chi connectivity index (χ1n) is 9.94. The summed E-state index contributed by atoms with van der Waals surface area (Å²) in [5.74, 6) is -2.57. The monoisotopic (exact) mass is 467 g/mol. The van der Waals surface area contributed by atoms with Gasteiger partial charge in [0.1, 0.15) is 0 Å². The molecule has 3 rings (SSSR count). The van der Waals surface area contributed by atoms with Gasteiger partial charge in [-0.1, -0.05) is 6.07 Å². The quantitative estimate of drug-likeness (QED) is 0.723. The van der Waals surface area contributed by atoms with Crippen molar-refractivity contribution in [2.75, 3.05) is 45.1 Å². The van der Waals surface area contributed by atoms with Crippen LogP contribution in [0.1, 0.15) is 25.3 Å². The lowest BCUT2D eigenvalue weighted by Crippen LogP contribution is -2.49. The molecule has 3 heterocycles. The van der Waals surface area contributed by atoms with Crippen molar-refractivity contribution in [3.8, 4) is 0 Å². The number of carboxylic acid groups (broad SMARTS) is 1. The van der Waals surface area contributed by atoms with Gasteiger partial charge in [0.05, 0.1) is 19.0 Å². The molecule has 0 atom stereocenters. The van der Waals surface area contributed by atoms with Crippen LogP contribution in [0.15, 0.2) is 24.5 Å². The first-order chi connectivity index (χ1) is 14.5. The maximum Gasteiger partial charge on any atom is 0.490 e. The third kappa shape index (κ3) is 7.70. The summed E-state index contributed by atoms with van der Waals surface area (Å²) in [6.45, 7) is 7.14. The van der Waals surface area contributed by atoms with Gasteiger partial charge in [0, 0.05) is 50.5 Å². The summed E-state index contributed by atoms with van der Waals surface area (Å²) in [6, 6.07) is 4.06. The molecule has 2 saturated heterocycles. The Morgan fingerprint density at radius 1 is 1.29 bits per heavy atom. The lowest BCUT2D eigenvalue weighted by atomic mass is 9.79. The normalized spacial score (nSPS) is 20.5. The van der Waals surface area contributed by atoms with Crippen LogP contribution in [-0.2, 0) is 26.1 Å². The van der Waals surface area contributed by atoms with Gasteiger partial charge in [-0.05, 0) is 31.4 Å². The van der Waals surface area contributed by atoms with Crippen LogP contribution in [0.5, 0.6) is 0 Å². The van der Waals surface area contributed by atoms with Crippen LogP contribution in [0, 0.1) is 5.41 Å². The number of aromatic nitrogens is 1. The van der Waals surface area contributed by atoms with E-state index in [0.29, 0.717) is 13.1 Å². The van der Waals surface area contributed by atoms with Gasteiger partial charge in [-0.2, -0.15) is 13.2 Å². The Balaban J connectivity index is 0.000000423. The Bertz CT molecular complexity index is 813. The van der Waals surface area contributed by atoms with Crippen LogP contribution < -0.4 is 0 Å². The van der Waals surface area contributed by atoms with Crippen molar-refractivity contribution in [1.82, 2.24) is 14.2 Å². The number of carboxylic acids is 1. The number of carbonyl (C=O) groups is 1. The van der Waals surface area contributed by atoms with Gasteiger partial charge >= 0.3 is 12.1 Å². The Hall–Kier alpha value is -1.76. The average molecular weight is 468 g/mol. The summed E-state index contributed by atoms with van der Waals surface area (Å²) in [4.78, 5) is 15.5. The summed E-state index contributed by atoms with van der Waals surface area (Å²) in [6.07, 6.45) is 0.362. The molecule has 176 valence electrons.